The Bertz CT molecular complexity index is 1040. The minimum absolute atomic E-state index is 0.00852. The van der Waals surface area contributed by atoms with Gasteiger partial charge in [0, 0.05) is 18.8 Å². The van der Waals surface area contributed by atoms with Gasteiger partial charge in [-0.3, -0.25) is 4.79 Å². The molecule has 0 aliphatic carbocycles. The van der Waals surface area contributed by atoms with Crippen LogP contribution in [0.25, 0.3) is 0 Å². The first-order valence-corrected chi connectivity index (χ1v) is 11.6. The van der Waals surface area contributed by atoms with Crippen molar-refractivity contribution in [2.45, 2.75) is 44.9 Å². The molecule has 1 N–H and O–H groups in total. The summed E-state index contributed by atoms with van der Waals surface area (Å²) in [4.78, 5) is 24.7. The summed E-state index contributed by atoms with van der Waals surface area (Å²) in [6.07, 6.45) is 0. The maximum absolute atomic E-state index is 12.7. The van der Waals surface area contributed by atoms with Crippen molar-refractivity contribution < 1.29 is 22.7 Å². The van der Waals surface area contributed by atoms with Crippen LogP contribution in [0.1, 0.15) is 50.5 Å². The zero-order chi connectivity index (χ0) is 23.2. The third-order valence-corrected chi connectivity index (χ3v) is 6.80. The van der Waals surface area contributed by atoms with E-state index < -0.39 is 28.5 Å². The standard InChI is InChI=1S/C23H30N2O5S/c1-6-25(7-2)31(28,29)18-12-10-11-17(15-18)22(27)30-16-21(26)24-20-14-9-8-13-19(20)23(3,4)5/h8-15H,6-7,16H2,1-5H3,(H,24,26). The number of rotatable bonds is 8. The summed E-state index contributed by atoms with van der Waals surface area (Å²) in [6.45, 7) is 9.77. The van der Waals surface area contributed by atoms with Crippen LogP contribution in [0.2, 0.25) is 0 Å². The highest BCUT2D eigenvalue weighted by Gasteiger charge is 2.23. The van der Waals surface area contributed by atoms with E-state index in [0.717, 1.165) is 5.56 Å². The number of para-hydroxylation sites is 1. The summed E-state index contributed by atoms with van der Waals surface area (Å²) >= 11 is 0. The minimum atomic E-state index is -3.70. The Morgan fingerprint density at radius 2 is 1.65 bits per heavy atom. The van der Waals surface area contributed by atoms with Crippen LogP contribution in [0.3, 0.4) is 0 Å². The van der Waals surface area contributed by atoms with Gasteiger partial charge >= 0.3 is 5.97 Å². The van der Waals surface area contributed by atoms with E-state index in [1.54, 1.807) is 19.9 Å². The zero-order valence-corrected chi connectivity index (χ0v) is 19.5. The van der Waals surface area contributed by atoms with Crippen molar-refractivity contribution in [1.82, 2.24) is 4.31 Å². The van der Waals surface area contributed by atoms with Gasteiger partial charge in [-0.2, -0.15) is 4.31 Å². The number of benzene rings is 2. The lowest BCUT2D eigenvalue weighted by Gasteiger charge is -2.23. The maximum atomic E-state index is 12.7. The van der Waals surface area contributed by atoms with Gasteiger partial charge in [-0.15, -0.1) is 0 Å². The average molecular weight is 447 g/mol. The first-order chi connectivity index (χ1) is 14.5. The first-order valence-electron chi connectivity index (χ1n) is 10.2. The van der Waals surface area contributed by atoms with Gasteiger partial charge in [0.2, 0.25) is 10.0 Å². The highest BCUT2D eigenvalue weighted by Crippen LogP contribution is 2.29. The molecule has 7 nitrogen and oxygen atoms in total. The molecule has 0 radical (unpaired) electrons. The second kappa shape index (κ2) is 10.1. The second-order valence-electron chi connectivity index (χ2n) is 8.04. The molecule has 2 aromatic carbocycles. The number of nitrogens with zero attached hydrogens (tertiary/aromatic N) is 1. The third-order valence-electron chi connectivity index (χ3n) is 4.76. The fourth-order valence-corrected chi connectivity index (χ4v) is 4.65. The summed E-state index contributed by atoms with van der Waals surface area (Å²) in [5.74, 6) is -1.24. The highest BCUT2D eigenvalue weighted by atomic mass is 32.2. The van der Waals surface area contributed by atoms with Crippen LogP contribution in [0.4, 0.5) is 5.69 Å². The van der Waals surface area contributed by atoms with Crippen molar-refractivity contribution in [3.05, 3.63) is 59.7 Å². The fourth-order valence-electron chi connectivity index (χ4n) is 3.14. The molecule has 0 aromatic heterocycles. The van der Waals surface area contributed by atoms with Crippen LogP contribution >= 0.6 is 0 Å². The van der Waals surface area contributed by atoms with Crippen LogP contribution in [-0.2, 0) is 25.0 Å². The quantitative estimate of drug-likeness (QED) is 0.623. The lowest BCUT2D eigenvalue weighted by atomic mass is 9.86. The summed E-state index contributed by atoms with van der Waals surface area (Å²) in [7, 11) is -3.70. The van der Waals surface area contributed by atoms with Gasteiger partial charge in [0.05, 0.1) is 10.5 Å². The van der Waals surface area contributed by atoms with Crippen molar-refractivity contribution >= 4 is 27.6 Å². The van der Waals surface area contributed by atoms with Crippen molar-refractivity contribution in [2.75, 3.05) is 25.0 Å². The molecule has 0 saturated carbocycles. The van der Waals surface area contributed by atoms with E-state index in [9.17, 15) is 18.0 Å². The number of nitrogens with one attached hydrogen (secondary N) is 1. The lowest BCUT2D eigenvalue weighted by Crippen LogP contribution is -2.30. The van der Waals surface area contributed by atoms with Gasteiger partial charge < -0.3 is 10.1 Å². The normalized spacial score (nSPS) is 11.9. The molecule has 2 aromatic rings. The van der Waals surface area contributed by atoms with E-state index >= 15 is 0 Å². The van der Waals surface area contributed by atoms with Crippen LogP contribution in [0, 0.1) is 0 Å². The fraction of sp³-hybridized carbons (Fsp3) is 0.391. The molecule has 0 fully saturated rings. The number of anilines is 1. The van der Waals surface area contributed by atoms with Gasteiger partial charge in [0.1, 0.15) is 0 Å². The molecule has 2 rings (SSSR count). The molecular weight excluding hydrogens is 416 g/mol. The van der Waals surface area contributed by atoms with Crippen molar-refractivity contribution in [1.29, 1.82) is 0 Å². The molecule has 0 unspecified atom stereocenters. The minimum Gasteiger partial charge on any atom is -0.452 e. The summed E-state index contributed by atoms with van der Waals surface area (Å²) in [6, 6.07) is 13.1. The van der Waals surface area contributed by atoms with Gasteiger partial charge in [-0.1, -0.05) is 58.9 Å². The zero-order valence-electron chi connectivity index (χ0n) is 18.6. The second-order valence-corrected chi connectivity index (χ2v) is 9.97. The van der Waals surface area contributed by atoms with Gasteiger partial charge in [0.25, 0.3) is 5.91 Å². The third kappa shape index (κ3) is 6.15. The van der Waals surface area contributed by atoms with E-state index in [0.29, 0.717) is 18.8 Å². The smallest absolute Gasteiger partial charge is 0.338 e. The van der Waals surface area contributed by atoms with Crippen molar-refractivity contribution in [2.24, 2.45) is 0 Å². The number of hydrogen-bond donors (Lipinski definition) is 1. The first kappa shape index (κ1) is 24.6. The summed E-state index contributed by atoms with van der Waals surface area (Å²) < 4.78 is 31.7. The van der Waals surface area contributed by atoms with Crippen molar-refractivity contribution in [3.63, 3.8) is 0 Å². The topological polar surface area (TPSA) is 92.8 Å². The number of esters is 1. The van der Waals surface area contributed by atoms with Crippen LogP contribution in [-0.4, -0.2) is 44.3 Å². The van der Waals surface area contributed by atoms with Crippen LogP contribution in [0.5, 0.6) is 0 Å². The highest BCUT2D eigenvalue weighted by molar-refractivity contribution is 7.89. The molecule has 0 saturated heterocycles. The number of carbonyl (C=O) groups is 2. The Kier molecular flexibility index (Phi) is 7.97. The van der Waals surface area contributed by atoms with Gasteiger partial charge in [-0.05, 0) is 35.2 Å². The number of carbonyl (C=O) groups excluding carboxylic acids is 2. The SMILES string of the molecule is CCN(CC)S(=O)(=O)c1cccc(C(=O)OCC(=O)Nc2ccccc2C(C)(C)C)c1. The molecule has 1 amide bonds. The largest absolute Gasteiger partial charge is 0.452 e. The van der Waals surface area contributed by atoms with Gasteiger partial charge in [-0.25, -0.2) is 13.2 Å². The number of hydrogen-bond acceptors (Lipinski definition) is 5. The molecule has 31 heavy (non-hydrogen) atoms. The van der Waals surface area contributed by atoms with Crippen molar-refractivity contribution in [3.8, 4) is 0 Å². The monoisotopic (exact) mass is 446 g/mol. The number of amides is 1. The number of sulfonamides is 1. The molecular formula is C23H30N2O5S. The molecule has 0 atom stereocenters. The number of ether oxygens (including phenoxy) is 1. The Balaban J connectivity index is 2.08. The Morgan fingerprint density at radius 1 is 1.00 bits per heavy atom. The average Bonchev–Trinajstić information content (AvgIpc) is 2.72. The Labute approximate surface area is 184 Å². The molecule has 0 aliphatic rings. The van der Waals surface area contributed by atoms with E-state index in [1.165, 1.54) is 28.6 Å². The summed E-state index contributed by atoms with van der Waals surface area (Å²) in [5.41, 5.74) is 1.51. The molecule has 168 valence electrons. The van der Waals surface area contributed by atoms with E-state index in [4.69, 9.17) is 4.74 Å². The van der Waals surface area contributed by atoms with E-state index in [1.807, 2.05) is 39.0 Å². The molecule has 0 heterocycles. The lowest BCUT2D eigenvalue weighted by molar-refractivity contribution is -0.119. The summed E-state index contributed by atoms with van der Waals surface area (Å²) in [5, 5.41) is 2.77. The molecule has 8 heteroatoms. The predicted molar refractivity (Wildman–Crippen MR) is 121 cm³/mol. The van der Waals surface area contributed by atoms with Crippen LogP contribution in [0.15, 0.2) is 53.4 Å². The molecule has 0 bridgehead atoms. The molecule has 0 aliphatic heterocycles. The van der Waals surface area contributed by atoms with Crippen LogP contribution < -0.4 is 5.32 Å². The van der Waals surface area contributed by atoms with Gasteiger partial charge in [0.15, 0.2) is 6.61 Å². The Hall–Kier alpha value is -2.71. The van der Waals surface area contributed by atoms with E-state index in [-0.39, 0.29) is 15.9 Å². The molecule has 0 spiro atoms. The maximum Gasteiger partial charge on any atom is 0.338 e. The Morgan fingerprint density at radius 3 is 2.26 bits per heavy atom. The predicted octanol–water partition coefficient (Wildman–Crippen LogP) is 3.81. The van der Waals surface area contributed by atoms with E-state index in [2.05, 4.69) is 5.32 Å².